The largest absolute Gasteiger partial charge is 0.385 e. The van der Waals surface area contributed by atoms with Crippen LogP contribution in [0.2, 0.25) is 0 Å². The van der Waals surface area contributed by atoms with Crippen LogP contribution < -0.4 is 16.0 Å². The molecule has 4 N–H and O–H groups in total. The maximum absolute atomic E-state index is 14.7. The predicted molar refractivity (Wildman–Crippen MR) is 137 cm³/mol. The number of β-amino-alcohol motifs (C(OH)–C–C–N with tert-alkyl or cyclic N) is 1. The number of rotatable bonds is 7. The number of hydrogen-bond donors (Lipinski definition) is 4. The molecule has 190 valence electrons. The van der Waals surface area contributed by atoms with Crippen LogP contribution in [0.1, 0.15) is 23.7 Å². The number of nitrogens with one attached hydrogen (secondary N) is 3. The molecule has 0 bridgehead atoms. The number of anilines is 2. The predicted octanol–water partition coefficient (Wildman–Crippen LogP) is 3.58. The van der Waals surface area contributed by atoms with Gasteiger partial charge in [0.15, 0.2) is 11.6 Å². The van der Waals surface area contributed by atoms with E-state index in [1.54, 1.807) is 12.1 Å². The van der Waals surface area contributed by atoms with Gasteiger partial charge in [-0.25, -0.2) is 13.2 Å². The molecule has 0 saturated carbocycles. The standard InChI is InChI=1S/C25H24F3IN4O3/c1-14(34)31-17-5-3-16(4-6-17)30-11-25(36)12-33(13-25)24(35)18-7-8-19(26)22(28)23(18)32-21-9-2-15(29)10-20(21)27/h2-3,5-10,16,30,32,36H,4,11-13H2,1H3,(H,31,34). The topological polar surface area (TPSA) is 93.7 Å². The van der Waals surface area contributed by atoms with Crippen molar-refractivity contribution in [3.8, 4) is 0 Å². The average molecular weight is 612 g/mol. The van der Waals surface area contributed by atoms with E-state index in [1.165, 1.54) is 24.0 Å². The van der Waals surface area contributed by atoms with Crippen LogP contribution in [0.5, 0.6) is 0 Å². The molecule has 1 fully saturated rings. The maximum Gasteiger partial charge on any atom is 0.256 e. The van der Waals surface area contributed by atoms with Gasteiger partial charge in [0.25, 0.3) is 5.91 Å². The monoisotopic (exact) mass is 612 g/mol. The first-order valence-electron chi connectivity index (χ1n) is 11.2. The molecule has 7 nitrogen and oxygen atoms in total. The molecule has 11 heteroatoms. The van der Waals surface area contributed by atoms with Crippen molar-refractivity contribution in [1.29, 1.82) is 0 Å². The molecular formula is C25H24F3IN4O3. The van der Waals surface area contributed by atoms with E-state index in [1.807, 2.05) is 34.7 Å². The van der Waals surface area contributed by atoms with E-state index in [9.17, 15) is 27.9 Å². The highest BCUT2D eigenvalue weighted by Crippen LogP contribution is 2.31. The Bertz CT molecular complexity index is 1260. The third kappa shape index (κ3) is 5.90. The van der Waals surface area contributed by atoms with Crippen LogP contribution in [0.4, 0.5) is 24.5 Å². The van der Waals surface area contributed by atoms with Gasteiger partial charge >= 0.3 is 0 Å². The average Bonchev–Trinajstić information content (AvgIpc) is 2.80. The highest BCUT2D eigenvalue weighted by Gasteiger charge is 2.44. The van der Waals surface area contributed by atoms with E-state index in [0.717, 1.165) is 12.1 Å². The maximum atomic E-state index is 14.7. The molecule has 0 radical (unpaired) electrons. The third-order valence-corrected chi connectivity index (χ3v) is 6.56. The number of carbonyl (C=O) groups is 2. The minimum atomic E-state index is -1.30. The van der Waals surface area contributed by atoms with Gasteiger partial charge in [-0.2, -0.15) is 0 Å². The summed E-state index contributed by atoms with van der Waals surface area (Å²) in [5.41, 5.74) is -1.23. The molecular weight excluding hydrogens is 588 g/mol. The van der Waals surface area contributed by atoms with Crippen LogP contribution in [0.3, 0.4) is 0 Å². The Hall–Kier alpha value is -2.90. The molecule has 2 amide bonds. The number of aliphatic hydroxyl groups is 1. The van der Waals surface area contributed by atoms with Crippen molar-refractivity contribution in [1.82, 2.24) is 15.5 Å². The summed E-state index contributed by atoms with van der Waals surface area (Å²) < 4.78 is 43.5. The summed E-state index contributed by atoms with van der Waals surface area (Å²) in [6.07, 6.45) is 6.13. The number of halogens is 4. The number of hydrogen-bond acceptors (Lipinski definition) is 5. The number of benzene rings is 2. The molecule has 4 rings (SSSR count). The molecule has 2 aromatic carbocycles. The Balaban J connectivity index is 1.39. The zero-order valence-corrected chi connectivity index (χ0v) is 21.4. The van der Waals surface area contributed by atoms with Gasteiger partial charge in [0.05, 0.1) is 30.0 Å². The first-order chi connectivity index (χ1) is 17.0. The molecule has 1 heterocycles. The van der Waals surface area contributed by atoms with Crippen LogP contribution in [-0.4, -0.2) is 53.1 Å². The number of likely N-dealkylation sites (tertiary alicyclic amines) is 1. The molecule has 36 heavy (non-hydrogen) atoms. The normalized spacial score (nSPS) is 18.3. The van der Waals surface area contributed by atoms with Crippen molar-refractivity contribution in [3.63, 3.8) is 0 Å². The third-order valence-electron chi connectivity index (χ3n) is 5.89. The second kappa shape index (κ2) is 10.6. The summed E-state index contributed by atoms with van der Waals surface area (Å²) in [6.45, 7) is 1.60. The Morgan fingerprint density at radius 1 is 1.17 bits per heavy atom. The number of carbonyl (C=O) groups excluding carboxylic acids is 2. The van der Waals surface area contributed by atoms with E-state index in [0.29, 0.717) is 15.7 Å². The Morgan fingerprint density at radius 3 is 2.56 bits per heavy atom. The minimum Gasteiger partial charge on any atom is -0.385 e. The van der Waals surface area contributed by atoms with Gasteiger partial charge in [-0.15, -0.1) is 0 Å². The number of nitrogens with zero attached hydrogens (tertiary/aromatic N) is 1. The molecule has 0 spiro atoms. The molecule has 1 atom stereocenters. The Labute approximate surface area is 219 Å². The highest BCUT2D eigenvalue weighted by atomic mass is 127. The van der Waals surface area contributed by atoms with Crippen molar-refractivity contribution in [2.45, 2.75) is 25.0 Å². The van der Waals surface area contributed by atoms with Gasteiger partial charge in [-0.3, -0.25) is 9.59 Å². The van der Waals surface area contributed by atoms with Gasteiger partial charge in [0, 0.05) is 28.8 Å². The Kier molecular flexibility index (Phi) is 7.71. The quantitative estimate of drug-likeness (QED) is 0.359. The smallest absolute Gasteiger partial charge is 0.256 e. The van der Waals surface area contributed by atoms with Crippen LogP contribution in [-0.2, 0) is 4.79 Å². The molecule has 1 aliphatic carbocycles. The summed E-state index contributed by atoms with van der Waals surface area (Å²) in [6, 6.07) is 6.10. The lowest BCUT2D eigenvalue weighted by atomic mass is 9.92. The lowest BCUT2D eigenvalue weighted by Gasteiger charge is -2.47. The SMILES string of the molecule is CC(=O)NC1=CCC(NCC2(O)CN(C(=O)c3ccc(F)c(F)c3Nc3ccc(I)cc3F)C2)C=C1. The first kappa shape index (κ1) is 26.2. The second-order valence-corrected chi connectivity index (χ2v) is 10.1. The molecule has 2 aromatic rings. The van der Waals surface area contributed by atoms with E-state index in [2.05, 4.69) is 16.0 Å². The summed E-state index contributed by atoms with van der Waals surface area (Å²) in [7, 11) is 0. The van der Waals surface area contributed by atoms with Gasteiger partial charge < -0.3 is 26.0 Å². The van der Waals surface area contributed by atoms with Crippen molar-refractivity contribution < 1.29 is 27.9 Å². The van der Waals surface area contributed by atoms with Gasteiger partial charge in [-0.1, -0.05) is 12.2 Å². The van der Waals surface area contributed by atoms with Crippen LogP contribution >= 0.6 is 22.6 Å². The summed E-state index contributed by atoms with van der Waals surface area (Å²) in [5.74, 6) is -3.93. The number of allylic oxidation sites excluding steroid dienone is 1. The minimum absolute atomic E-state index is 0.0153. The fourth-order valence-corrected chi connectivity index (χ4v) is 4.51. The van der Waals surface area contributed by atoms with Crippen molar-refractivity contribution in [2.75, 3.05) is 25.0 Å². The number of amides is 2. The fourth-order valence-electron chi connectivity index (χ4n) is 4.06. The van der Waals surface area contributed by atoms with E-state index < -0.39 is 34.6 Å². The molecule has 1 unspecified atom stereocenters. The lowest BCUT2D eigenvalue weighted by molar-refractivity contribution is -0.118. The van der Waals surface area contributed by atoms with Crippen LogP contribution in [0.25, 0.3) is 0 Å². The molecule has 1 saturated heterocycles. The highest BCUT2D eigenvalue weighted by molar-refractivity contribution is 14.1. The van der Waals surface area contributed by atoms with E-state index in [4.69, 9.17) is 0 Å². The van der Waals surface area contributed by atoms with E-state index >= 15 is 0 Å². The zero-order chi connectivity index (χ0) is 26.0. The van der Waals surface area contributed by atoms with Crippen LogP contribution in [0.15, 0.2) is 54.3 Å². The lowest BCUT2D eigenvalue weighted by Crippen LogP contribution is -2.67. The second-order valence-electron chi connectivity index (χ2n) is 8.84. The first-order valence-corrected chi connectivity index (χ1v) is 12.2. The molecule has 2 aliphatic rings. The van der Waals surface area contributed by atoms with Crippen molar-refractivity contribution in [3.05, 3.63) is 80.8 Å². The van der Waals surface area contributed by atoms with E-state index in [-0.39, 0.29) is 42.8 Å². The van der Waals surface area contributed by atoms with Crippen molar-refractivity contribution >= 4 is 45.8 Å². The van der Waals surface area contributed by atoms with Gasteiger partial charge in [0.2, 0.25) is 5.91 Å². The molecule has 1 aliphatic heterocycles. The summed E-state index contributed by atoms with van der Waals surface area (Å²) in [5, 5.41) is 19.2. The van der Waals surface area contributed by atoms with Gasteiger partial charge in [0.1, 0.15) is 11.4 Å². The zero-order valence-electron chi connectivity index (χ0n) is 19.2. The molecule has 0 aromatic heterocycles. The van der Waals surface area contributed by atoms with Crippen LogP contribution in [0, 0.1) is 21.0 Å². The fraction of sp³-hybridized carbons (Fsp3) is 0.280. The van der Waals surface area contributed by atoms with Gasteiger partial charge in [-0.05, 0) is 65.4 Å². The Morgan fingerprint density at radius 2 is 1.92 bits per heavy atom. The van der Waals surface area contributed by atoms with Crippen molar-refractivity contribution in [2.24, 2.45) is 0 Å². The summed E-state index contributed by atoms with van der Waals surface area (Å²) >= 11 is 1.92. The summed E-state index contributed by atoms with van der Waals surface area (Å²) in [4.78, 5) is 25.5.